The maximum Gasteiger partial charge on any atom is 0.310 e. The summed E-state index contributed by atoms with van der Waals surface area (Å²) in [6.45, 7) is 10.4. The number of aliphatic hydroxyl groups excluding tert-OH is 1. The highest BCUT2D eigenvalue weighted by Crippen LogP contribution is 2.68. The molecule has 0 aromatic heterocycles. The molecule has 0 aliphatic carbocycles. The Bertz CT molecular complexity index is 1070. The third-order valence-electron chi connectivity index (χ3n) is 8.07. The Morgan fingerprint density at radius 2 is 1.97 bits per heavy atom. The minimum absolute atomic E-state index is 0.0481. The highest BCUT2D eigenvalue weighted by molar-refractivity contribution is 8.02. The molecule has 9 heteroatoms. The van der Waals surface area contributed by atoms with Gasteiger partial charge in [-0.05, 0) is 62.3 Å². The predicted molar refractivity (Wildman–Crippen MR) is 151 cm³/mol. The predicted octanol–water partition coefficient (Wildman–Crippen LogP) is 4.48. The third-order valence-corrected chi connectivity index (χ3v) is 10.4. The van der Waals surface area contributed by atoms with E-state index in [1.807, 2.05) is 6.08 Å². The first-order valence-corrected chi connectivity index (χ1v) is 14.6. The summed E-state index contributed by atoms with van der Waals surface area (Å²) in [5.41, 5.74) is 0.661. The van der Waals surface area contributed by atoms with Crippen molar-refractivity contribution in [1.29, 1.82) is 0 Å². The number of nitrogens with zero attached hydrogens (tertiary/aromatic N) is 2. The van der Waals surface area contributed by atoms with E-state index in [1.165, 1.54) is 0 Å². The van der Waals surface area contributed by atoms with Crippen molar-refractivity contribution in [2.75, 3.05) is 31.2 Å². The van der Waals surface area contributed by atoms with Gasteiger partial charge in [-0.25, -0.2) is 0 Å². The number of hydrogen-bond acceptors (Lipinski definition) is 6. The fourth-order valence-corrected chi connectivity index (χ4v) is 8.96. The molecule has 2 amide bonds. The van der Waals surface area contributed by atoms with Gasteiger partial charge in [0.15, 0.2) is 0 Å². The van der Waals surface area contributed by atoms with Gasteiger partial charge < -0.3 is 19.6 Å². The number of unbranched alkanes of at least 4 members (excludes halogenated alkanes) is 2. The Kier molecular flexibility index (Phi) is 9.27. The topological polar surface area (TPSA) is 87.1 Å². The molecule has 3 saturated heterocycles. The second-order valence-electron chi connectivity index (χ2n) is 10.3. The molecule has 4 rings (SSSR count). The Labute approximate surface area is 234 Å². The van der Waals surface area contributed by atoms with Crippen LogP contribution in [0.5, 0.6) is 0 Å². The molecule has 3 unspecified atom stereocenters. The molecular weight excluding hydrogens is 524 g/mol. The van der Waals surface area contributed by atoms with E-state index in [0.29, 0.717) is 23.7 Å². The maximum atomic E-state index is 14.4. The van der Waals surface area contributed by atoms with E-state index in [4.69, 9.17) is 16.3 Å². The lowest BCUT2D eigenvalue weighted by molar-refractivity contribution is -0.154. The van der Waals surface area contributed by atoms with Gasteiger partial charge in [-0.1, -0.05) is 30.7 Å². The molecule has 1 aromatic rings. The number of allylic oxidation sites excluding steroid dienone is 1. The van der Waals surface area contributed by atoms with Crippen molar-refractivity contribution in [3.05, 3.63) is 54.6 Å². The monoisotopic (exact) mass is 560 g/mol. The fourth-order valence-electron chi connectivity index (χ4n) is 6.43. The summed E-state index contributed by atoms with van der Waals surface area (Å²) in [6, 6.07) is 6.25. The van der Waals surface area contributed by atoms with Crippen LogP contribution >= 0.6 is 23.4 Å². The molecule has 0 saturated carbocycles. The van der Waals surface area contributed by atoms with Crippen molar-refractivity contribution in [3.8, 4) is 0 Å². The standard InChI is InChI=1S/C29H37ClN2O5S/c1-4-6-7-8-17-37-28(36)23-22-18-19(3)29(38-22)24(23)26(34)32(15-9-16-33)25(29)27(35)31(14-5-2)21-12-10-20(30)11-13-21/h4-5,10-13,19,22-25,33H,1-2,6-9,14-18H2,3H3/t19?,22-,23+,24+,25?,29?/m1/s1. The second kappa shape index (κ2) is 12.3. The summed E-state index contributed by atoms with van der Waals surface area (Å²) < 4.78 is 4.93. The van der Waals surface area contributed by atoms with Gasteiger partial charge in [-0.3, -0.25) is 14.4 Å². The molecule has 3 aliphatic heterocycles. The SMILES string of the molecule is C=CCCCCOC(=O)[C@@H]1[C@H]2C(=O)N(CCCO)C(C(=O)N(CC=C)c3ccc(Cl)cc3)C23S[C@@H]1CC3C. The number of esters is 1. The number of ether oxygens (including phenoxy) is 1. The lowest BCUT2D eigenvalue weighted by Crippen LogP contribution is -2.57. The van der Waals surface area contributed by atoms with Crippen LogP contribution in [0.4, 0.5) is 5.69 Å². The number of carbonyl (C=O) groups is 3. The van der Waals surface area contributed by atoms with Crippen molar-refractivity contribution < 1.29 is 24.2 Å². The van der Waals surface area contributed by atoms with Crippen LogP contribution in [-0.2, 0) is 19.1 Å². The summed E-state index contributed by atoms with van der Waals surface area (Å²) in [4.78, 5) is 45.1. The summed E-state index contributed by atoms with van der Waals surface area (Å²) in [7, 11) is 0. The second-order valence-corrected chi connectivity index (χ2v) is 12.3. The zero-order chi connectivity index (χ0) is 27.4. The van der Waals surface area contributed by atoms with E-state index in [0.717, 1.165) is 25.7 Å². The first-order valence-electron chi connectivity index (χ1n) is 13.4. The van der Waals surface area contributed by atoms with Crippen LogP contribution in [0.3, 0.4) is 0 Å². The van der Waals surface area contributed by atoms with E-state index in [9.17, 15) is 19.5 Å². The first kappa shape index (κ1) is 28.7. The molecule has 6 atom stereocenters. The van der Waals surface area contributed by atoms with Gasteiger partial charge in [0.25, 0.3) is 5.91 Å². The number of carbonyl (C=O) groups excluding carboxylic acids is 3. The van der Waals surface area contributed by atoms with E-state index in [1.54, 1.807) is 51.9 Å². The molecule has 3 aliphatic rings. The number of rotatable bonds is 13. The number of aliphatic hydroxyl groups is 1. The number of likely N-dealkylation sites (tertiary alicyclic amines) is 1. The Morgan fingerprint density at radius 1 is 1.24 bits per heavy atom. The molecule has 7 nitrogen and oxygen atoms in total. The van der Waals surface area contributed by atoms with Crippen molar-refractivity contribution >= 4 is 46.8 Å². The Morgan fingerprint density at radius 3 is 2.63 bits per heavy atom. The summed E-state index contributed by atoms with van der Waals surface area (Å²) in [6.07, 6.45) is 7.08. The summed E-state index contributed by atoms with van der Waals surface area (Å²) in [5, 5.41) is 10.1. The van der Waals surface area contributed by atoms with Crippen molar-refractivity contribution in [2.45, 2.75) is 55.1 Å². The minimum Gasteiger partial charge on any atom is -0.465 e. The van der Waals surface area contributed by atoms with Crippen LogP contribution in [0, 0.1) is 17.8 Å². The average Bonchev–Trinajstić information content (AvgIpc) is 3.49. The number of amides is 2. The molecule has 2 bridgehead atoms. The number of benzene rings is 1. The largest absolute Gasteiger partial charge is 0.465 e. The lowest BCUT2D eigenvalue weighted by Gasteiger charge is -2.40. The van der Waals surface area contributed by atoms with Crippen LogP contribution in [0.1, 0.15) is 39.0 Å². The maximum absolute atomic E-state index is 14.4. The highest BCUT2D eigenvalue weighted by Gasteiger charge is 2.76. The first-order chi connectivity index (χ1) is 18.3. The molecule has 206 valence electrons. The average molecular weight is 561 g/mol. The number of hydrogen-bond donors (Lipinski definition) is 1. The third kappa shape index (κ3) is 5.03. The van der Waals surface area contributed by atoms with Crippen LogP contribution in [-0.4, -0.2) is 70.1 Å². The van der Waals surface area contributed by atoms with Gasteiger partial charge in [-0.15, -0.1) is 24.9 Å². The quantitative estimate of drug-likeness (QED) is 0.217. The van der Waals surface area contributed by atoms with Crippen molar-refractivity contribution in [1.82, 2.24) is 4.90 Å². The fraction of sp³-hybridized carbons (Fsp3) is 0.552. The molecule has 0 radical (unpaired) electrons. The molecule has 3 fully saturated rings. The van der Waals surface area contributed by atoms with Gasteiger partial charge in [0, 0.05) is 35.7 Å². The van der Waals surface area contributed by atoms with Gasteiger partial charge in [-0.2, -0.15) is 0 Å². The van der Waals surface area contributed by atoms with Crippen molar-refractivity contribution in [3.63, 3.8) is 0 Å². The minimum atomic E-state index is -0.766. The molecule has 38 heavy (non-hydrogen) atoms. The van der Waals surface area contributed by atoms with Crippen LogP contribution < -0.4 is 4.90 Å². The molecule has 1 aromatic carbocycles. The van der Waals surface area contributed by atoms with Crippen LogP contribution in [0.2, 0.25) is 5.02 Å². The molecule has 1 spiro atoms. The van der Waals surface area contributed by atoms with Crippen molar-refractivity contribution in [2.24, 2.45) is 17.8 Å². The normalized spacial score (nSPS) is 29.3. The zero-order valence-electron chi connectivity index (χ0n) is 21.9. The summed E-state index contributed by atoms with van der Waals surface area (Å²) in [5.74, 6) is -1.91. The van der Waals surface area contributed by atoms with Gasteiger partial charge in [0.05, 0.1) is 23.2 Å². The number of thioether (sulfide) groups is 1. The number of fused-ring (bicyclic) bond motifs is 1. The van der Waals surface area contributed by atoms with Crippen LogP contribution in [0.25, 0.3) is 0 Å². The zero-order valence-corrected chi connectivity index (χ0v) is 23.5. The Balaban J connectivity index is 1.68. The lowest BCUT2D eigenvalue weighted by atomic mass is 9.66. The van der Waals surface area contributed by atoms with E-state index < -0.39 is 22.6 Å². The van der Waals surface area contributed by atoms with Gasteiger partial charge >= 0.3 is 5.97 Å². The smallest absolute Gasteiger partial charge is 0.310 e. The number of halogens is 1. The van der Waals surface area contributed by atoms with E-state index in [2.05, 4.69) is 20.1 Å². The molecule has 3 heterocycles. The van der Waals surface area contributed by atoms with E-state index >= 15 is 0 Å². The summed E-state index contributed by atoms with van der Waals surface area (Å²) >= 11 is 7.72. The van der Waals surface area contributed by atoms with Gasteiger partial charge in [0.2, 0.25) is 5.91 Å². The Hall–Kier alpha value is -2.29. The van der Waals surface area contributed by atoms with Gasteiger partial charge in [0.1, 0.15) is 6.04 Å². The van der Waals surface area contributed by atoms with E-state index in [-0.39, 0.29) is 48.6 Å². The van der Waals surface area contributed by atoms with Crippen LogP contribution in [0.15, 0.2) is 49.6 Å². The molecule has 1 N–H and O–H groups in total. The highest BCUT2D eigenvalue weighted by atomic mass is 35.5. The molecular formula is C29H37ClN2O5S. The number of anilines is 1.